The lowest BCUT2D eigenvalue weighted by Gasteiger charge is -2.56. The number of aromatic hydroxyl groups is 1. The van der Waals surface area contributed by atoms with Crippen molar-refractivity contribution in [3.63, 3.8) is 0 Å². The van der Waals surface area contributed by atoms with Crippen LogP contribution in [0.25, 0.3) is 0 Å². The van der Waals surface area contributed by atoms with Gasteiger partial charge in [-0.3, -0.25) is 34.1 Å². The lowest BCUT2D eigenvalue weighted by atomic mass is 9.49. The molecule has 23 heterocycles. The maximum Gasteiger partial charge on any atom is 0.246 e. The van der Waals surface area contributed by atoms with Gasteiger partial charge in [0.2, 0.25) is 35.4 Å². The van der Waals surface area contributed by atoms with Crippen LogP contribution in [0.1, 0.15) is 191 Å². The maximum atomic E-state index is 14.7. The van der Waals surface area contributed by atoms with E-state index < -0.39 is 269 Å². The minimum atomic E-state index is -2.15. The van der Waals surface area contributed by atoms with E-state index in [1.165, 1.54) is 22.9 Å². The molecule has 27 aliphatic rings. The summed E-state index contributed by atoms with van der Waals surface area (Å²) in [6.07, 6.45) is -44.4. The van der Waals surface area contributed by atoms with Crippen LogP contribution < -0.4 is 32.3 Å². The van der Waals surface area contributed by atoms with Crippen molar-refractivity contribution in [3.05, 3.63) is 70.0 Å². The Morgan fingerprint density at radius 2 is 0.887 bits per heavy atom. The molecule has 22 aliphatic heterocycles. The highest BCUT2D eigenvalue weighted by Crippen LogP contribution is 2.61. The number of aliphatic hydroxyl groups is 17. The first kappa shape index (κ1) is 111. The molecule has 22 saturated heterocycles. The number of hydrogen-bond acceptors (Lipinski definition) is 40. The molecule has 2 saturated carbocycles. The predicted molar refractivity (Wildman–Crippen MR) is 489 cm³/mol. The number of carbonyl (C=O) groups is 6. The highest BCUT2D eigenvalue weighted by Gasteiger charge is 2.63. The second-order valence-corrected chi connectivity index (χ2v) is 41.7. The van der Waals surface area contributed by atoms with Gasteiger partial charge in [0.25, 0.3) is 0 Å². The fourth-order valence-corrected chi connectivity index (χ4v) is 23.7. The van der Waals surface area contributed by atoms with Crippen molar-refractivity contribution in [2.75, 3.05) is 58.6 Å². The molecule has 5 aliphatic carbocycles. The zero-order valence-corrected chi connectivity index (χ0v) is 81.4. The zero-order chi connectivity index (χ0) is 103. The van der Waals surface area contributed by atoms with E-state index >= 15 is 0 Å². The van der Waals surface area contributed by atoms with Crippen molar-refractivity contribution in [2.45, 2.75) is 397 Å². The molecule has 46 heteroatoms. The number of nitrogens with zero attached hydrogens (tertiary/aromatic N) is 3. The first-order valence-corrected chi connectivity index (χ1v) is 49.7. The van der Waals surface area contributed by atoms with Gasteiger partial charge < -0.3 is 180 Å². The molecule has 24 fully saturated rings. The molecule has 25 N–H and O–H groups in total. The number of imide groups is 1. The predicted octanol–water partition coefficient (Wildman–Crippen LogP) is -4.94. The fourth-order valence-electron chi connectivity index (χ4n) is 23.7. The molecular weight excluding hydrogens is 1870 g/mol. The number of carbonyl (C=O) groups excluding carboxylic acids is 6. The van der Waals surface area contributed by atoms with Crippen LogP contribution in [-0.4, -0.2) is 398 Å². The summed E-state index contributed by atoms with van der Waals surface area (Å²) in [5.41, 5.74) is 10.5. The number of amides is 6. The number of benzene rings is 2. The Balaban J connectivity index is 0.000000229. The van der Waals surface area contributed by atoms with Crippen molar-refractivity contribution in [1.29, 1.82) is 0 Å². The van der Waals surface area contributed by atoms with Crippen LogP contribution in [0, 0.1) is 28.6 Å². The van der Waals surface area contributed by atoms with Crippen molar-refractivity contribution in [1.82, 2.24) is 36.3 Å². The van der Waals surface area contributed by atoms with Gasteiger partial charge in [-0.15, -0.1) is 5.10 Å². The quantitative estimate of drug-likeness (QED) is 0.0312. The number of fused-ring (bicyclic) bond motifs is 7. The van der Waals surface area contributed by atoms with Crippen LogP contribution in [0.2, 0.25) is 0 Å². The van der Waals surface area contributed by atoms with Gasteiger partial charge in [0.1, 0.15) is 171 Å². The Bertz CT molecular complexity index is 4750. The molecule has 798 valence electrons. The van der Waals surface area contributed by atoms with Gasteiger partial charge in [-0.1, -0.05) is 91.5 Å². The number of methoxy groups -OCH3 is 1. The molecule has 6 amide bonds. The van der Waals surface area contributed by atoms with E-state index in [2.05, 4.69) is 50.7 Å². The number of aromatic nitrogens is 3. The summed E-state index contributed by atoms with van der Waals surface area (Å²) in [4.78, 5) is 80.9. The third-order valence-corrected chi connectivity index (χ3v) is 31.8. The molecule has 30 rings (SSSR count). The van der Waals surface area contributed by atoms with Crippen LogP contribution in [0.3, 0.4) is 0 Å². The Kier molecular flexibility index (Phi) is 36.6. The first-order valence-electron chi connectivity index (χ1n) is 49.7. The summed E-state index contributed by atoms with van der Waals surface area (Å²) < 4.78 is 76.8. The number of unbranched alkanes of at least 4 members (excludes halogenated alkanes) is 1. The number of ether oxygens (including phenoxy) is 13. The van der Waals surface area contributed by atoms with Gasteiger partial charge in [0.05, 0.1) is 67.8 Å². The number of phenols is 1. The number of phenolic OH excluding ortho intramolecular Hbond substituents is 1. The van der Waals surface area contributed by atoms with Crippen molar-refractivity contribution in [2.24, 2.45) is 34.3 Å². The molecule has 1 aromatic heterocycles. The minimum absolute atomic E-state index is 0.00319. The normalized spacial score (nSPS) is 40.7. The van der Waals surface area contributed by atoms with Crippen LogP contribution in [0.4, 0.5) is 5.69 Å². The van der Waals surface area contributed by atoms with E-state index in [0.29, 0.717) is 56.5 Å². The summed E-state index contributed by atoms with van der Waals surface area (Å²) >= 11 is 0. The second kappa shape index (κ2) is 46.9. The molecule has 142 heavy (non-hydrogen) atoms. The topological polar surface area (TPSA) is 703 Å². The van der Waals surface area contributed by atoms with E-state index in [1.54, 1.807) is 26.8 Å². The minimum Gasteiger partial charge on any atom is -0.508 e. The average Bonchev–Trinajstić information content (AvgIpc) is 0.741. The molecule has 0 radical (unpaired) electrons. The van der Waals surface area contributed by atoms with Crippen LogP contribution in [-0.2, 0) is 127 Å². The number of nitrogens with two attached hydrogens (primary N) is 1. The van der Waals surface area contributed by atoms with E-state index in [-0.39, 0.29) is 65.7 Å². The average molecular weight is 2020 g/mol. The van der Waals surface area contributed by atoms with Gasteiger partial charge >= 0.3 is 0 Å². The highest BCUT2D eigenvalue weighted by atomic mass is 16.8. The largest absolute Gasteiger partial charge is 0.508 e. The third kappa shape index (κ3) is 22.8. The number of aliphatic hydroxyl groups excluding tert-OH is 17. The van der Waals surface area contributed by atoms with E-state index in [1.807, 2.05) is 51.1 Å². The Morgan fingerprint density at radius 1 is 0.479 bits per heavy atom. The lowest BCUT2D eigenvalue weighted by molar-refractivity contribution is -0.403. The van der Waals surface area contributed by atoms with E-state index in [4.69, 9.17) is 67.3 Å². The summed E-state index contributed by atoms with van der Waals surface area (Å²) in [7, 11) is 1.45. The molecule has 0 spiro atoms. The number of rotatable bonds is 23. The number of anilines is 1. The van der Waals surface area contributed by atoms with Crippen molar-refractivity contribution in [3.8, 4) is 5.75 Å². The second-order valence-electron chi connectivity index (χ2n) is 41.7. The molecule has 3 aromatic rings. The van der Waals surface area contributed by atoms with E-state index in [9.17, 15) is 121 Å². The zero-order valence-electron chi connectivity index (χ0n) is 81.4. The summed E-state index contributed by atoms with van der Waals surface area (Å²) in [5.74, 6) is -2.08. The molecule has 40 atom stereocenters. The first-order chi connectivity index (χ1) is 67.5. The Labute approximate surface area is 821 Å². The van der Waals surface area contributed by atoms with Crippen LogP contribution in [0.5, 0.6) is 5.75 Å². The van der Waals surface area contributed by atoms with Crippen LogP contribution >= 0.6 is 0 Å². The third-order valence-electron chi connectivity index (χ3n) is 31.8. The highest BCUT2D eigenvalue weighted by molar-refractivity contribution is 6.01. The Hall–Kier alpha value is -6.84. The van der Waals surface area contributed by atoms with Crippen molar-refractivity contribution >= 4 is 41.1 Å². The lowest BCUT2D eigenvalue weighted by Crippen LogP contribution is -2.69. The molecule has 46 nitrogen and oxygen atoms in total. The van der Waals surface area contributed by atoms with Gasteiger partial charge in [-0.2, -0.15) is 0 Å². The van der Waals surface area contributed by atoms with E-state index in [0.717, 1.165) is 93.9 Å². The number of aryl methyl sites for hydroxylation is 2. The number of nitrogens with one attached hydrogen (secondary N) is 5. The molecule has 2 aromatic carbocycles. The fraction of sp³-hybridized carbons (Fsp3) is 0.792. The number of hydrogen-bond donors (Lipinski definition) is 24. The van der Waals surface area contributed by atoms with Gasteiger partial charge in [0.15, 0.2) is 37.7 Å². The monoisotopic (exact) mass is 2020 g/mol. The summed E-state index contributed by atoms with van der Waals surface area (Å²) in [6, 6.07) is 8.86. The van der Waals surface area contributed by atoms with Crippen LogP contribution in [0.15, 0.2) is 36.4 Å². The maximum absolute atomic E-state index is 14.7. The standard InChI is InChI=1S/C51H74N6O8.C45H73N3O29/c1-30(2)42(56-44(61)38(52)13-9-10-26-53-41(59)29-65-8)45(62)54-31(3)43(60)55-34-18-14-32-16-20-39-48(4,36(32)27-34)22-11-24-50(39,6)46(63)57-47(64)51(7)25-12-23-49(5)37-28-35(58)19-15-33(37)17-21-40(49)51;1-13-5-3-2-4-6-14-21(13)46-47-48(14)7-15-34-22(54)28(60)40(66-15)73-35-16(8-49)68-42(30(62)24(35)56)75-37-18(10-51)70-44(32(64)26(37)58)77-39-20(12-53)71-45(33(65)27(39)59)76-38-19(11-52)69-43(31(63)25(38)57)74-36-17(9-50)67-41(72-34)29(61)23(36)55/h14-15,18-19,27-28,30-31,38-40,42,58H,9-13,16-17,20-26,29,52H2,1-8H3,(H,53,59)(H,54,62)(H,55,60)(H,56,61)(H,57,63,64);13,15-20,22-45,49-65H,2-12H2,1H3/t31-,38+,39+,40+,42-,48+,49+,50-,51-;/m0./s1. The van der Waals surface area contributed by atoms with Gasteiger partial charge in [-0.05, 0) is 172 Å². The Morgan fingerprint density at radius 3 is 1.30 bits per heavy atom. The van der Waals surface area contributed by atoms with Crippen molar-refractivity contribution < 1.29 is 182 Å². The summed E-state index contributed by atoms with van der Waals surface area (Å²) in [6.45, 7) is 10.9. The molecular formula is C96H147N9O37. The molecule has 12 bridgehead atoms. The smallest absolute Gasteiger partial charge is 0.246 e. The van der Waals surface area contributed by atoms with Gasteiger partial charge in [-0.25, -0.2) is 4.68 Å². The van der Waals surface area contributed by atoms with Gasteiger partial charge in [0, 0.05) is 25.3 Å². The molecule has 31 unspecified atom stereocenters. The summed E-state index contributed by atoms with van der Waals surface area (Å²) in [5, 5.41) is 224. The SMILES string of the molecule is CC1CCCCCc2c1nnn2CC1OC2OC3C(CO)OC(OC4C(CO)OC(OC5C(CO)OC(OC6C(CO)OC(OC7C(CO)OC(OC1C(O)C2O)C(O)C7O)C(O)C6O)C(O)C5O)C(O)C4O)C(O)C3O.COCC(=O)NCCCC[C@@H](N)C(=O)N[C@H](C(=O)N[C@@H](C)C(=O)Nc1ccc2c(c1)[C@@]1(C)CCC[C@](C)(C(=O)NC(=O)[C@@]3(C)CCC[C@]4(C)c5cc(O)ccc5CC[C@@H]34)[C@@H]1CC2)C(C)C.